The minimum absolute atomic E-state index is 0.360. The molecule has 0 N–H and O–H groups in total. The molecule has 0 saturated carbocycles. The number of hydrogen-bond acceptors (Lipinski definition) is 1. The maximum atomic E-state index is 13.0. The van der Waals surface area contributed by atoms with E-state index in [2.05, 4.69) is 5.10 Å². The number of hydrogen-bond donors (Lipinski definition) is 0. The summed E-state index contributed by atoms with van der Waals surface area (Å²) in [4.78, 5) is 0. The van der Waals surface area contributed by atoms with Gasteiger partial charge in [0.25, 0.3) is 0 Å². The number of nitrogens with zero attached hydrogens (tertiary/aromatic N) is 2. The average molecular weight is 222 g/mol. The van der Waals surface area contributed by atoms with E-state index >= 15 is 0 Å². The molecule has 0 fully saturated rings. The number of rotatable bonds is 2. The molecule has 4 heteroatoms. The van der Waals surface area contributed by atoms with Crippen molar-refractivity contribution >= 4 is 0 Å². The Labute approximate surface area is 92.5 Å². The second kappa shape index (κ2) is 4.04. The van der Waals surface area contributed by atoms with E-state index in [1.165, 1.54) is 10.7 Å². The lowest BCUT2D eigenvalue weighted by Crippen LogP contribution is -1.96. The zero-order valence-electron chi connectivity index (χ0n) is 9.11. The minimum Gasteiger partial charge on any atom is -0.241 e. The summed E-state index contributed by atoms with van der Waals surface area (Å²) in [6, 6.07) is 3.73. The standard InChI is InChI=1S/C12H12F2N2/c1-8(2)9-6-15-16(7-9)10-3-4-11(13)12(14)5-10/h3-8H,1-2H3. The topological polar surface area (TPSA) is 17.8 Å². The second-order valence-electron chi connectivity index (χ2n) is 3.97. The predicted octanol–water partition coefficient (Wildman–Crippen LogP) is 3.27. The van der Waals surface area contributed by atoms with Gasteiger partial charge in [-0.3, -0.25) is 0 Å². The molecule has 2 rings (SSSR count). The maximum Gasteiger partial charge on any atom is 0.160 e. The molecular formula is C12H12F2N2. The van der Waals surface area contributed by atoms with Crippen LogP contribution in [0.1, 0.15) is 25.3 Å². The highest BCUT2D eigenvalue weighted by molar-refractivity contribution is 5.32. The van der Waals surface area contributed by atoms with E-state index in [1.54, 1.807) is 6.20 Å². The second-order valence-corrected chi connectivity index (χ2v) is 3.97. The molecule has 0 aliphatic carbocycles. The van der Waals surface area contributed by atoms with Crippen LogP contribution in [0.2, 0.25) is 0 Å². The summed E-state index contributed by atoms with van der Waals surface area (Å²) < 4.78 is 27.3. The Kier molecular flexibility index (Phi) is 2.73. The summed E-state index contributed by atoms with van der Waals surface area (Å²) in [7, 11) is 0. The lowest BCUT2D eigenvalue weighted by Gasteiger charge is -2.02. The smallest absolute Gasteiger partial charge is 0.160 e. The summed E-state index contributed by atoms with van der Waals surface area (Å²) in [5.41, 5.74) is 1.58. The van der Waals surface area contributed by atoms with E-state index < -0.39 is 11.6 Å². The van der Waals surface area contributed by atoms with Crippen molar-refractivity contribution in [2.75, 3.05) is 0 Å². The van der Waals surface area contributed by atoms with Crippen LogP contribution in [0.15, 0.2) is 30.6 Å². The molecule has 0 aliphatic rings. The van der Waals surface area contributed by atoms with Crippen LogP contribution in [-0.4, -0.2) is 9.78 Å². The van der Waals surface area contributed by atoms with Gasteiger partial charge in [-0.2, -0.15) is 5.10 Å². The summed E-state index contributed by atoms with van der Waals surface area (Å²) in [5, 5.41) is 4.11. The number of benzene rings is 1. The fraction of sp³-hybridized carbons (Fsp3) is 0.250. The first-order chi connectivity index (χ1) is 7.58. The van der Waals surface area contributed by atoms with Gasteiger partial charge in [0.15, 0.2) is 11.6 Å². The SMILES string of the molecule is CC(C)c1cnn(-c2ccc(F)c(F)c2)c1. The van der Waals surface area contributed by atoms with Crippen molar-refractivity contribution in [3.63, 3.8) is 0 Å². The van der Waals surface area contributed by atoms with Crippen molar-refractivity contribution in [3.8, 4) is 5.69 Å². The van der Waals surface area contributed by atoms with E-state index in [-0.39, 0.29) is 0 Å². The Bertz CT molecular complexity index is 503. The third kappa shape index (κ3) is 1.96. The Balaban J connectivity index is 2.39. The van der Waals surface area contributed by atoms with E-state index in [4.69, 9.17) is 0 Å². The first-order valence-corrected chi connectivity index (χ1v) is 5.08. The first kappa shape index (κ1) is 10.8. The fourth-order valence-corrected chi connectivity index (χ4v) is 1.40. The highest BCUT2D eigenvalue weighted by atomic mass is 19.2. The average Bonchev–Trinajstić information content (AvgIpc) is 2.71. The van der Waals surface area contributed by atoms with Crippen LogP contribution in [0.25, 0.3) is 5.69 Å². The molecule has 0 unspecified atom stereocenters. The van der Waals surface area contributed by atoms with Gasteiger partial charge in [-0.15, -0.1) is 0 Å². The molecule has 1 heterocycles. The normalized spacial score (nSPS) is 11.1. The Morgan fingerprint density at radius 3 is 2.50 bits per heavy atom. The van der Waals surface area contributed by atoms with Crippen molar-refractivity contribution < 1.29 is 8.78 Å². The summed E-state index contributed by atoms with van der Waals surface area (Å²) in [6.07, 6.45) is 3.54. The van der Waals surface area contributed by atoms with Crippen molar-refractivity contribution in [2.45, 2.75) is 19.8 Å². The molecule has 0 saturated heterocycles. The molecule has 2 aromatic rings. The lowest BCUT2D eigenvalue weighted by molar-refractivity contribution is 0.507. The zero-order chi connectivity index (χ0) is 11.7. The van der Waals surface area contributed by atoms with Gasteiger partial charge in [0.2, 0.25) is 0 Å². The van der Waals surface area contributed by atoms with Gasteiger partial charge in [0.05, 0.1) is 11.9 Å². The van der Waals surface area contributed by atoms with Gasteiger partial charge in [-0.05, 0) is 23.6 Å². The van der Waals surface area contributed by atoms with Crippen LogP contribution < -0.4 is 0 Å². The number of halogens is 2. The van der Waals surface area contributed by atoms with E-state index in [0.717, 1.165) is 17.7 Å². The summed E-state index contributed by atoms with van der Waals surface area (Å²) in [6.45, 7) is 4.10. The molecule has 84 valence electrons. The van der Waals surface area contributed by atoms with Crippen LogP contribution in [-0.2, 0) is 0 Å². The zero-order valence-corrected chi connectivity index (χ0v) is 9.11. The van der Waals surface area contributed by atoms with Crippen LogP contribution >= 0.6 is 0 Å². The van der Waals surface area contributed by atoms with Gasteiger partial charge in [0, 0.05) is 12.3 Å². The van der Waals surface area contributed by atoms with Crippen LogP contribution in [0, 0.1) is 11.6 Å². The van der Waals surface area contributed by atoms with Gasteiger partial charge < -0.3 is 0 Å². The number of aromatic nitrogens is 2. The predicted molar refractivity (Wildman–Crippen MR) is 57.6 cm³/mol. The minimum atomic E-state index is -0.862. The molecule has 0 spiro atoms. The van der Waals surface area contributed by atoms with Crippen LogP contribution in [0.3, 0.4) is 0 Å². The fourth-order valence-electron chi connectivity index (χ4n) is 1.40. The highest BCUT2D eigenvalue weighted by Crippen LogP contribution is 2.17. The van der Waals surface area contributed by atoms with E-state index in [9.17, 15) is 8.78 Å². The third-order valence-corrected chi connectivity index (χ3v) is 2.44. The summed E-state index contributed by atoms with van der Waals surface area (Å²) in [5.74, 6) is -1.35. The van der Waals surface area contributed by atoms with Crippen molar-refractivity contribution in [1.29, 1.82) is 0 Å². The summed E-state index contributed by atoms with van der Waals surface area (Å²) >= 11 is 0. The van der Waals surface area contributed by atoms with Crippen LogP contribution in [0.4, 0.5) is 8.78 Å². The molecule has 1 aromatic heterocycles. The molecule has 0 atom stereocenters. The Hall–Kier alpha value is -1.71. The molecule has 2 nitrogen and oxygen atoms in total. The lowest BCUT2D eigenvalue weighted by atomic mass is 10.1. The van der Waals surface area contributed by atoms with Gasteiger partial charge in [-0.1, -0.05) is 13.8 Å². The van der Waals surface area contributed by atoms with Crippen molar-refractivity contribution in [1.82, 2.24) is 9.78 Å². The van der Waals surface area contributed by atoms with Crippen LogP contribution in [0.5, 0.6) is 0 Å². The molecular weight excluding hydrogens is 210 g/mol. The Morgan fingerprint density at radius 2 is 1.94 bits per heavy atom. The molecule has 0 bridgehead atoms. The molecule has 0 radical (unpaired) electrons. The van der Waals surface area contributed by atoms with Crippen molar-refractivity contribution in [2.24, 2.45) is 0 Å². The van der Waals surface area contributed by atoms with E-state index in [0.29, 0.717) is 11.6 Å². The van der Waals surface area contributed by atoms with E-state index in [1.807, 2.05) is 20.0 Å². The van der Waals surface area contributed by atoms with Gasteiger partial charge in [0.1, 0.15) is 0 Å². The molecule has 16 heavy (non-hydrogen) atoms. The van der Waals surface area contributed by atoms with Gasteiger partial charge in [-0.25, -0.2) is 13.5 Å². The third-order valence-electron chi connectivity index (χ3n) is 2.44. The largest absolute Gasteiger partial charge is 0.241 e. The molecule has 0 aliphatic heterocycles. The molecule has 0 amide bonds. The van der Waals surface area contributed by atoms with Crippen molar-refractivity contribution in [3.05, 3.63) is 47.8 Å². The highest BCUT2D eigenvalue weighted by Gasteiger charge is 2.07. The monoisotopic (exact) mass is 222 g/mol. The Morgan fingerprint density at radius 1 is 1.19 bits per heavy atom. The molecule has 1 aromatic carbocycles. The first-order valence-electron chi connectivity index (χ1n) is 5.08. The van der Waals surface area contributed by atoms with Gasteiger partial charge >= 0.3 is 0 Å². The quantitative estimate of drug-likeness (QED) is 0.762. The maximum absolute atomic E-state index is 13.0.